The van der Waals surface area contributed by atoms with Crippen LogP contribution in [0.5, 0.6) is 0 Å². The number of rotatable bonds is 4. The highest BCUT2D eigenvalue weighted by atomic mass is 19.1. The molecule has 1 saturated carbocycles. The average Bonchev–Trinajstić information content (AvgIpc) is 3.37. The molecule has 2 fully saturated rings. The van der Waals surface area contributed by atoms with Gasteiger partial charge in [-0.2, -0.15) is 0 Å². The van der Waals surface area contributed by atoms with Gasteiger partial charge in [0.15, 0.2) is 0 Å². The molecular formula is C18H23FN2O3. The van der Waals surface area contributed by atoms with E-state index in [-0.39, 0.29) is 17.6 Å². The summed E-state index contributed by atoms with van der Waals surface area (Å²) in [6.45, 7) is 4.00. The highest BCUT2D eigenvalue weighted by Crippen LogP contribution is 2.32. The molecule has 1 aliphatic carbocycles. The third-order valence-corrected chi connectivity index (χ3v) is 4.87. The summed E-state index contributed by atoms with van der Waals surface area (Å²) in [7, 11) is 0. The Morgan fingerprint density at radius 2 is 1.96 bits per heavy atom. The van der Waals surface area contributed by atoms with Crippen molar-refractivity contribution in [3.63, 3.8) is 0 Å². The molecule has 0 aromatic heterocycles. The normalized spacial score (nSPS) is 20.5. The van der Waals surface area contributed by atoms with Gasteiger partial charge < -0.3 is 10.0 Å². The fourth-order valence-corrected chi connectivity index (χ4v) is 3.35. The summed E-state index contributed by atoms with van der Waals surface area (Å²) in [6, 6.07) is 3.66. The second-order valence-electron chi connectivity index (χ2n) is 6.74. The molecule has 5 nitrogen and oxygen atoms in total. The van der Waals surface area contributed by atoms with Crippen molar-refractivity contribution in [1.29, 1.82) is 0 Å². The van der Waals surface area contributed by atoms with E-state index in [9.17, 15) is 19.1 Å². The molecule has 1 saturated heterocycles. The quantitative estimate of drug-likeness (QED) is 0.917. The van der Waals surface area contributed by atoms with Crippen LogP contribution in [0, 0.1) is 18.7 Å². The molecule has 1 aromatic carbocycles. The topological polar surface area (TPSA) is 60.9 Å². The Morgan fingerprint density at radius 3 is 2.58 bits per heavy atom. The summed E-state index contributed by atoms with van der Waals surface area (Å²) < 4.78 is 13.5. The van der Waals surface area contributed by atoms with Gasteiger partial charge in [0.1, 0.15) is 11.9 Å². The van der Waals surface area contributed by atoms with E-state index >= 15 is 0 Å². The van der Waals surface area contributed by atoms with E-state index in [1.54, 1.807) is 19.1 Å². The van der Waals surface area contributed by atoms with Crippen molar-refractivity contribution < 1.29 is 19.1 Å². The molecule has 2 aliphatic rings. The number of carbonyl (C=O) groups is 2. The Labute approximate surface area is 141 Å². The van der Waals surface area contributed by atoms with Crippen molar-refractivity contribution in [2.45, 2.75) is 32.2 Å². The molecule has 3 rings (SSSR count). The van der Waals surface area contributed by atoms with E-state index in [0.717, 1.165) is 19.3 Å². The first kappa shape index (κ1) is 16.9. The molecule has 1 aromatic rings. The number of amides is 1. The molecule has 24 heavy (non-hydrogen) atoms. The molecule has 1 unspecified atom stereocenters. The number of benzene rings is 1. The minimum Gasteiger partial charge on any atom is -0.480 e. The molecule has 1 atom stereocenters. The maximum atomic E-state index is 13.5. The number of carbonyl (C=O) groups excluding carboxylic acids is 1. The zero-order valence-electron chi connectivity index (χ0n) is 13.9. The lowest BCUT2D eigenvalue weighted by molar-refractivity contribution is -0.143. The van der Waals surface area contributed by atoms with Gasteiger partial charge in [0.25, 0.3) is 0 Å². The van der Waals surface area contributed by atoms with E-state index < -0.39 is 12.0 Å². The smallest absolute Gasteiger partial charge is 0.325 e. The Hall–Kier alpha value is -1.95. The third kappa shape index (κ3) is 3.59. The summed E-state index contributed by atoms with van der Waals surface area (Å²) in [5, 5.41) is 9.69. The molecule has 1 heterocycles. The van der Waals surface area contributed by atoms with Crippen molar-refractivity contribution in [3.8, 4) is 0 Å². The predicted octanol–water partition coefficient (Wildman–Crippen LogP) is 2.20. The van der Waals surface area contributed by atoms with E-state index in [1.807, 2.05) is 9.80 Å². The van der Waals surface area contributed by atoms with Gasteiger partial charge in [-0.1, -0.05) is 12.1 Å². The third-order valence-electron chi connectivity index (χ3n) is 4.87. The fraction of sp³-hybridized carbons (Fsp3) is 0.556. The maximum Gasteiger partial charge on any atom is 0.325 e. The lowest BCUT2D eigenvalue weighted by atomic mass is 10.0. The zero-order chi connectivity index (χ0) is 17.3. The van der Waals surface area contributed by atoms with E-state index in [2.05, 4.69) is 0 Å². The summed E-state index contributed by atoms with van der Waals surface area (Å²) in [4.78, 5) is 27.8. The van der Waals surface area contributed by atoms with Crippen molar-refractivity contribution in [2.75, 3.05) is 26.2 Å². The first-order valence-electron chi connectivity index (χ1n) is 8.49. The number of carboxylic acid groups (broad SMARTS) is 1. The van der Waals surface area contributed by atoms with Crippen LogP contribution in [0.1, 0.15) is 36.4 Å². The highest BCUT2D eigenvalue weighted by molar-refractivity contribution is 5.81. The van der Waals surface area contributed by atoms with Crippen LogP contribution in [0.25, 0.3) is 0 Å². The molecular weight excluding hydrogens is 311 g/mol. The molecule has 130 valence electrons. The number of halogens is 1. The van der Waals surface area contributed by atoms with Gasteiger partial charge in [-0.05, 0) is 43.4 Å². The SMILES string of the molecule is Cc1cc(C(C(=O)O)N2CCCN(C(=O)C3CC3)CC2)ccc1F. The van der Waals surface area contributed by atoms with Gasteiger partial charge in [-0.25, -0.2) is 4.39 Å². The maximum absolute atomic E-state index is 13.5. The van der Waals surface area contributed by atoms with Crippen LogP contribution in [-0.4, -0.2) is 53.0 Å². The first-order valence-corrected chi connectivity index (χ1v) is 8.49. The number of hydrogen-bond donors (Lipinski definition) is 1. The lowest BCUT2D eigenvalue weighted by Gasteiger charge is -2.28. The summed E-state index contributed by atoms with van der Waals surface area (Å²) >= 11 is 0. The Bertz CT molecular complexity index is 645. The number of carboxylic acids is 1. The number of hydrogen-bond acceptors (Lipinski definition) is 3. The minimum atomic E-state index is -0.942. The highest BCUT2D eigenvalue weighted by Gasteiger charge is 2.35. The largest absolute Gasteiger partial charge is 0.480 e. The van der Waals surface area contributed by atoms with Gasteiger partial charge in [-0.3, -0.25) is 14.5 Å². The fourth-order valence-electron chi connectivity index (χ4n) is 3.35. The van der Waals surface area contributed by atoms with Gasteiger partial charge in [-0.15, -0.1) is 0 Å². The number of nitrogens with zero attached hydrogens (tertiary/aromatic N) is 2. The summed E-state index contributed by atoms with van der Waals surface area (Å²) in [6.07, 6.45) is 2.71. The van der Waals surface area contributed by atoms with Crippen molar-refractivity contribution in [3.05, 3.63) is 35.1 Å². The zero-order valence-corrected chi connectivity index (χ0v) is 13.9. The minimum absolute atomic E-state index is 0.187. The Kier molecular flexibility index (Phi) is 4.85. The van der Waals surface area contributed by atoms with Gasteiger partial charge in [0, 0.05) is 32.1 Å². The van der Waals surface area contributed by atoms with E-state index in [0.29, 0.717) is 37.3 Å². The molecule has 0 spiro atoms. The molecule has 0 bridgehead atoms. The van der Waals surface area contributed by atoms with E-state index in [4.69, 9.17) is 0 Å². The van der Waals surface area contributed by atoms with Gasteiger partial charge in [0.05, 0.1) is 0 Å². The van der Waals surface area contributed by atoms with Crippen LogP contribution in [-0.2, 0) is 9.59 Å². The molecule has 1 amide bonds. The van der Waals surface area contributed by atoms with Crippen LogP contribution < -0.4 is 0 Å². The Morgan fingerprint density at radius 1 is 1.21 bits per heavy atom. The first-order chi connectivity index (χ1) is 11.5. The average molecular weight is 334 g/mol. The van der Waals surface area contributed by atoms with Crippen molar-refractivity contribution >= 4 is 11.9 Å². The molecule has 0 radical (unpaired) electrons. The standard InChI is InChI=1S/C18H23FN2O3/c1-12-11-14(5-6-15(12)19)16(18(23)24)20-7-2-8-21(10-9-20)17(22)13-3-4-13/h5-6,11,13,16H,2-4,7-10H2,1H3,(H,23,24). The van der Waals surface area contributed by atoms with Crippen LogP contribution in [0.3, 0.4) is 0 Å². The summed E-state index contributed by atoms with van der Waals surface area (Å²) in [5.74, 6) is -0.879. The molecule has 1 aliphatic heterocycles. The number of aryl methyl sites for hydroxylation is 1. The monoisotopic (exact) mass is 334 g/mol. The van der Waals surface area contributed by atoms with Gasteiger partial charge in [0.2, 0.25) is 5.91 Å². The van der Waals surface area contributed by atoms with Crippen LogP contribution >= 0.6 is 0 Å². The van der Waals surface area contributed by atoms with Crippen LogP contribution in [0.15, 0.2) is 18.2 Å². The van der Waals surface area contributed by atoms with Crippen LogP contribution in [0.4, 0.5) is 4.39 Å². The molecule has 6 heteroatoms. The Balaban J connectivity index is 1.75. The van der Waals surface area contributed by atoms with E-state index in [1.165, 1.54) is 6.07 Å². The predicted molar refractivity (Wildman–Crippen MR) is 87.0 cm³/mol. The van der Waals surface area contributed by atoms with Crippen LogP contribution in [0.2, 0.25) is 0 Å². The number of aliphatic carboxylic acids is 1. The van der Waals surface area contributed by atoms with Crippen molar-refractivity contribution in [2.24, 2.45) is 5.92 Å². The second-order valence-corrected chi connectivity index (χ2v) is 6.74. The summed E-state index contributed by atoms with van der Waals surface area (Å²) in [5.41, 5.74) is 1.03. The second kappa shape index (κ2) is 6.89. The van der Waals surface area contributed by atoms with Gasteiger partial charge >= 0.3 is 5.97 Å². The van der Waals surface area contributed by atoms with Crippen molar-refractivity contribution in [1.82, 2.24) is 9.80 Å². The molecule has 1 N–H and O–H groups in total. The lowest BCUT2D eigenvalue weighted by Crippen LogP contribution is -2.39.